The van der Waals surface area contributed by atoms with Crippen LogP contribution >= 0.6 is 0 Å². The van der Waals surface area contributed by atoms with Crippen molar-refractivity contribution in [2.45, 2.75) is 51.4 Å². The molecule has 1 N–H and O–H groups in total. The molecule has 0 aromatic carbocycles. The van der Waals surface area contributed by atoms with Crippen molar-refractivity contribution < 1.29 is 4.74 Å². The predicted molar refractivity (Wildman–Crippen MR) is 68.9 cm³/mol. The first kappa shape index (κ1) is 11.7. The molecular weight excluding hydrogens is 230 g/mol. The van der Waals surface area contributed by atoms with E-state index in [1.165, 1.54) is 0 Å². The van der Waals surface area contributed by atoms with Gasteiger partial charge in [0.25, 0.3) is 5.56 Å². The maximum atomic E-state index is 12.0. The first-order chi connectivity index (χ1) is 8.72. The van der Waals surface area contributed by atoms with Crippen LogP contribution in [0.1, 0.15) is 31.9 Å². The lowest BCUT2D eigenvalue weighted by Gasteiger charge is -2.19. The maximum absolute atomic E-state index is 12.0. The molecular formula is C13H19N3O2. The first-order valence-corrected chi connectivity index (χ1v) is 6.73. The van der Waals surface area contributed by atoms with Crippen LogP contribution in [-0.2, 0) is 17.7 Å². The fourth-order valence-corrected chi connectivity index (χ4v) is 2.69. The number of hydrogen-bond acceptors (Lipinski definition) is 4. The Kier molecular flexibility index (Phi) is 3.07. The van der Waals surface area contributed by atoms with Gasteiger partial charge in [-0.3, -0.25) is 4.79 Å². The van der Waals surface area contributed by atoms with Crippen LogP contribution in [0.25, 0.3) is 0 Å². The second-order valence-electron chi connectivity index (χ2n) is 5.20. The Morgan fingerprint density at radius 1 is 1.56 bits per heavy atom. The van der Waals surface area contributed by atoms with Gasteiger partial charge in [-0.1, -0.05) is 0 Å². The third-order valence-electron chi connectivity index (χ3n) is 3.68. The second kappa shape index (κ2) is 4.72. The van der Waals surface area contributed by atoms with E-state index in [4.69, 9.17) is 4.74 Å². The van der Waals surface area contributed by atoms with E-state index in [9.17, 15) is 4.79 Å². The topological polar surface area (TPSA) is 56.2 Å². The molecule has 3 rings (SSSR count). The Balaban J connectivity index is 1.81. The number of anilines is 1. The zero-order valence-electron chi connectivity index (χ0n) is 10.7. The molecule has 0 bridgehead atoms. The van der Waals surface area contributed by atoms with Gasteiger partial charge in [-0.05, 0) is 32.6 Å². The van der Waals surface area contributed by atoms with E-state index < -0.39 is 0 Å². The third-order valence-corrected chi connectivity index (χ3v) is 3.68. The van der Waals surface area contributed by atoms with Gasteiger partial charge in [0.1, 0.15) is 0 Å². The second-order valence-corrected chi connectivity index (χ2v) is 5.20. The minimum Gasteiger partial charge on any atom is -0.383 e. The number of fused-ring (bicyclic) bond motifs is 1. The number of hydrogen-bond donors (Lipinski definition) is 1. The summed E-state index contributed by atoms with van der Waals surface area (Å²) < 4.78 is 7.31. The lowest BCUT2D eigenvalue weighted by molar-refractivity contribution is 0.0427. The molecule has 5 heteroatoms. The molecule has 2 aliphatic rings. The fourth-order valence-electron chi connectivity index (χ4n) is 2.69. The molecule has 0 aliphatic carbocycles. The molecule has 18 heavy (non-hydrogen) atoms. The molecule has 0 radical (unpaired) electrons. The minimum atomic E-state index is -0.0358. The van der Waals surface area contributed by atoms with Crippen LogP contribution in [0.15, 0.2) is 10.9 Å². The van der Waals surface area contributed by atoms with Crippen LogP contribution in [0.5, 0.6) is 0 Å². The molecule has 1 fully saturated rings. The standard InChI is InChI=1S/C13H19N3O2/c1-9-4-5-10(18-9)8-16-13(17)7-12-11(15-16)3-2-6-14-12/h7,9-10,14H,2-6,8H2,1H3. The summed E-state index contributed by atoms with van der Waals surface area (Å²) in [5.74, 6) is 0. The molecule has 2 aliphatic heterocycles. The number of aryl methyl sites for hydroxylation is 1. The van der Waals surface area contributed by atoms with Crippen molar-refractivity contribution in [1.82, 2.24) is 9.78 Å². The highest BCUT2D eigenvalue weighted by molar-refractivity contribution is 5.48. The smallest absolute Gasteiger partial charge is 0.268 e. The molecule has 2 unspecified atom stereocenters. The van der Waals surface area contributed by atoms with Gasteiger partial charge in [0, 0.05) is 12.6 Å². The minimum absolute atomic E-state index is 0.0358. The first-order valence-electron chi connectivity index (χ1n) is 6.73. The van der Waals surface area contributed by atoms with Crippen LogP contribution in [0.4, 0.5) is 5.69 Å². The Morgan fingerprint density at radius 3 is 3.22 bits per heavy atom. The molecule has 1 aromatic rings. The van der Waals surface area contributed by atoms with Crippen molar-refractivity contribution in [3.05, 3.63) is 22.1 Å². The van der Waals surface area contributed by atoms with Crippen LogP contribution in [0.3, 0.4) is 0 Å². The van der Waals surface area contributed by atoms with Crippen LogP contribution in [0.2, 0.25) is 0 Å². The van der Waals surface area contributed by atoms with Crippen molar-refractivity contribution >= 4 is 5.69 Å². The van der Waals surface area contributed by atoms with Crippen molar-refractivity contribution in [3.8, 4) is 0 Å². The van der Waals surface area contributed by atoms with E-state index in [1.54, 1.807) is 10.7 Å². The summed E-state index contributed by atoms with van der Waals surface area (Å²) in [7, 11) is 0. The highest BCUT2D eigenvalue weighted by atomic mass is 16.5. The average Bonchev–Trinajstić information content (AvgIpc) is 2.76. The number of aromatic nitrogens is 2. The van der Waals surface area contributed by atoms with Crippen LogP contribution in [0, 0.1) is 0 Å². The molecule has 98 valence electrons. The van der Waals surface area contributed by atoms with E-state index in [-0.39, 0.29) is 11.7 Å². The summed E-state index contributed by atoms with van der Waals surface area (Å²) in [6.45, 7) is 3.59. The molecule has 3 heterocycles. The van der Waals surface area contributed by atoms with Crippen molar-refractivity contribution in [2.24, 2.45) is 0 Å². The van der Waals surface area contributed by atoms with Crippen LogP contribution < -0.4 is 10.9 Å². The Bertz CT molecular complexity index is 497. The summed E-state index contributed by atoms with van der Waals surface area (Å²) >= 11 is 0. The largest absolute Gasteiger partial charge is 0.383 e. The van der Waals surface area contributed by atoms with E-state index in [2.05, 4.69) is 17.3 Å². The van der Waals surface area contributed by atoms with E-state index in [0.29, 0.717) is 12.6 Å². The molecule has 0 saturated carbocycles. The molecule has 2 atom stereocenters. The normalized spacial score (nSPS) is 26.7. The van der Waals surface area contributed by atoms with E-state index in [0.717, 1.165) is 43.6 Å². The molecule has 5 nitrogen and oxygen atoms in total. The van der Waals surface area contributed by atoms with Gasteiger partial charge in [-0.2, -0.15) is 5.10 Å². The fraction of sp³-hybridized carbons (Fsp3) is 0.692. The molecule has 0 spiro atoms. The van der Waals surface area contributed by atoms with Crippen molar-refractivity contribution in [3.63, 3.8) is 0 Å². The van der Waals surface area contributed by atoms with Crippen molar-refractivity contribution in [2.75, 3.05) is 11.9 Å². The quantitative estimate of drug-likeness (QED) is 0.855. The van der Waals surface area contributed by atoms with E-state index >= 15 is 0 Å². The lowest BCUT2D eigenvalue weighted by atomic mass is 10.1. The molecule has 1 saturated heterocycles. The van der Waals surface area contributed by atoms with Gasteiger partial charge in [-0.25, -0.2) is 4.68 Å². The lowest BCUT2D eigenvalue weighted by Crippen LogP contribution is -2.31. The van der Waals surface area contributed by atoms with Gasteiger partial charge in [0.05, 0.1) is 30.1 Å². The number of ether oxygens (including phenoxy) is 1. The molecule has 0 amide bonds. The summed E-state index contributed by atoms with van der Waals surface area (Å²) in [6.07, 6.45) is 4.57. The van der Waals surface area contributed by atoms with Gasteiger partial charge in [0.15, 0.2) is 0 Å². The monoisotopic (exact) mass is 249 g/mol. The highest BCUT2D eigenvalue weighted by Gasteiger charge is 2.23. The van der Waals surface area contributed by atoms with Gasteiger partial charge in [-0.15, -0.1) is 0 Å². The maximum Gasteiger partial charge on any atom is 0.268 e. The SMILES string of the molecule is CC1CCC(Cn2nc3c(cc2=O)NCCC3)O1. The Hall–Kier alpha value is -1.36. The number of nitrogens with one attached hydrogen (secondary N) is 1. The Labute approximate surface area is 106 Å². The number of nitrogens with zero attached hydrogens (tertiary/aromatic N) is 2. The number of rotatable bonds is 2. The third kappa shape index (κ3) is 2.27. The summed E-state index contributed by atoms with van der Waals surface area (Å²) in [6, 6.07) is 1.67. The van der Waals surface area contributed by atoms with Crippen molar-refractivity contribution in [1.29, 1.82) is 0 Å². The summed E-state index contributed by atoms with van der Waals surface area (Å²) in [5, 5.41) is 7.69. The summed E-state index contributed by atoms with van der Waals surface area (Å²) in [4.78, 5) is 12.0. The van der Waals surface area contributed by atoms with E-state index in [1.807, 2.05) is 0 Å². The molecule has 1 aromatic heterocycles. The average molecular weight is 249 g/mol. The Morgan fingerprint density at radius 2 is 2.44 bits per heavy atom. The summed E-state index contributed by atoms with van der Waals surface area (Å²) in [5.41, 5.74) is 1.88. The van der Waals surface area contributed by atoms with Gasteiger partial charge < -0.3 is 10.1 Å². The van der Waals surface area contributed by atoms with Gasteiger partial charge >= 0.3 is 0 Å². The zero-order chi connectivity index (χ0) is 12.5. The predicted octanol–water partition coefficient (Wildman–Crippen LogP) is 1.17. The zero-order valence-corrected chi connectivity index (χ0v) is 10.7. The van der Waals surface area contributed by atoms with Crippen LogP contribution in [-0.4, -0.2) is 28.5 Å². The van der Waals surface area contributed by atoms with Gasteiger partial charge in [0.2, 0.25) is 0 Å². The highest BCUT2D eigenvalue weighted by Crippen LogP contribution is 2.21.